The molecule has 226 valence electrons. The molecule has 0 spiro atoms. The summed E-state index contributed by atoms with van der Waals surface area (Å²) in [4.78, 5) is 0. The molecule has 7 aromatic rings. The zero-order valence-electron chi connectivity index (χ0n) is 26.3. The second kappa shape index (κ2) is 12.8. The van der Waals surface area contributed by atoms with E-state index >= 15 is 0 Å². The van der Waals surface area contributed by atoms with Gasteiger partial charge in [-0.2, -0.15) is 12.6 Å². The van der Waals surface area contributed by atoms with Crippen molar-refractivity contribution in [3.05, 3.63) is 163 Å². The van der Waals surface area contributed by atoms with Crippen molar-refractivity contribution in [3.63, 3.8) is 0 Å². The molecule has 2 heterocycles. The molecular formula is C43H38N2S. The SMILES string of the molecule is C=C/C=C(\C=C)c1ccc(-n2c3c(c4c2ccc2c5ccccc5n(-c5ccc(-c6ccccc6)cc5)c24)CCCC3)cc1.CS. The van der Waals surface area contributed by atoms with Crippen LogP contribution in [0.1, 0.15) is 29.7 Å². The number of rotatable bonds is 6. The van der Waals surface area contributed by atoms with Crippen LogP contribution in [0.2, 0.25) is 0 Å². The van der Waals surface area contributed by atoms with Crippen molar-refractivity contribution in [1.82, 2.24) is 9.13 Å². The van der Waals surface area contributed by atoms with E-state index in [1.54, 1.807) is 6.26 Å². The lowest BCUT2D eigenvalue weighted by atomic mass is 9.94. The lowest BCUT2D eigenvalue weighted by Gasteiger charge is -2.16. The lowest BCUT2D eigenvalue weighted by Crippen LogP contribution is -2.07. The van der Waals surface area contributed by atoms with E-state index in [-0.39, 0.29) is 0 Å². The average Bonchev–Trinajstić information content (AvgIpc) is 3.65. The van der Waals surface area contributed by atoms with Crippen LogP contribution >= 0.6 is 12.6 Å². The Morgan fingerprint density at radius 3 is 2.02 bits per heavy atom. The number of para-hydroxylation sites is 1. The highest BCUT2D eigenvalue weighted by Gasteiger charge is 2.25. The molecule has 2 nitrogen and oxygen atoms in total. The summed E-state index contributed by atoms with van der Waals surface area (Å²) in [5.41, 5.74) is 13.9. The Kier molecular flexibility index (Phi) is 8.26. The van der Waals surface area contributed by atoms with Gasteiger partial charge in [-0.05, 0) is 96.2 Å². The molecule has 1 aliphatic carbocycles. The molecule has 1 aliphatic rings. The maximum absolute atomic E-state index is 4.00. The van der Waals surface area contributed by atoms with E-state index in [0.29, 0.717) is 0 Å². The zero-order valence-corrected chi connectivity index (χ0v) is 27.2. The van der Waals surface area contributed by atoms with E-state index in [9.17, 15) is 0 Å². The Balaban J connectivity index is 0.00000166. The van der Waals surface area contributed by atoms with E-state index in [1.807, 2.05) is 18.2 Å². The summed E-state index contributed by atoms with van der Waals surface area (Å²) >= 11 is 3.53. The minimum atomic E-state index is 1.08. The lowest BCUT2D eigenvalue weighted by molar-refractivity contribution is 0.667. The minimum Gasteiger partial charge on any atom is -0.313 e. The summed E-state index contributed by atoms with van der Waals surface area (Å²) in [6.45, 7) is 7.88. The van der Waals surface area contributed by atoms with Crippen LogP contribution in [0.5, 0.6) is 0 Å². The van der Waals surface area contributed by atoms with E-state index in [4.69, 9.17) is 0 Å². The summed E-state index contributed by atoms with van der Waals surface area (Å²) in [7, 11) is 0. The van der Waals surface area contributed by atoms with Crippen molar-refractivity contribution < 1.29 is 0 Å². The van der Waals surface area contributed by atoms with Gasteiger partial charge in [-0.15, -0.1) is 0 Å². The number of aryl methyl sites for hydroxylation is 1. The van der Waals surface area contributed by atoms with E-state index in [0.717, 1.165) is 24.0 Å². The highest BCUT2D eigenvalue weighted by atomic mass is 32.1. The van der Waals surface area contributed by atoms with Crippen molar-refractivity contribution in [2.45, 2.75) is 25.7 Å². The Morgan fingerprint density at radius 1 is 0.630 bits per heavy atom. The molecule has 0 N–H and O–H groups in total. The first-order valence-corrected chi connectivity index (χ1v) is 16.9. The van der Waals surface area contributed by atoms with Crippen LogP contribution in [0.3, 0.4) is 0 Å². The number of aromatic nitrogens is 2. The molecule has 0 saturated heterocycles. The second-order valence-electron chi connectivity index (χ2n) is 11.7. The van der Waals surface area contributed by atoms with Gasteiger partial charge in [-0.3, -0.25) is 0 Å². The monoisotopic (exact) mass is 614 g/mol. The summed E-state index contributed by atoms with van der Waals surface area (Å²) < 4.78 is 5.03. The Morgan fingerprint density at radius 2 is 1.28 bits per heavy atom. The fourth-order valence-electron chi connectivity index (χ4n) is 7.29. The summed E-state index contributed by atoms with van der Waals surface area (Å²) in [6.07, 6.45) is 12.1. The van der Waals surface area contributed by atoms with Gasteiger partial charge in [0.15, 0.2) is 0 Å². The molecule has 0 atom stereocenters. The Bertz CT molecular complexity index is 2230. The van der Waals surface area contributed by atoms with Gasteiger partial charge in [0.1, 0.15) is 0 Å². The number of nitrogens with zero attached hydrogens (tertiary/aromatic N) is 2. The Hall–Kier alpha value is -4.99. The molecule has 0 saturated carbocycles. The van der Waals surface area contributed by atoms with Gasteiger partial charge >= 0.3 is 0 Å². The first-order valence-electron chi connectivity index (χ1n) is 16.0. The third kappa shape index (κ3) is 4.92. The predicted octanol–water partition coefficient (Wildman–Crippen LogP) is 11.6. The molecule has 0 amide bonds. The molecule has 3 heteroatoms. The number of benzene rings is 5. The van der Waals surface area contributed by atoms with Crippen LogP contribution in [0.25, 0.3) is 60.8 Å². The van der Waals surface area contributed by atoms with E-state index < -0.39 is 0 Å². The van der Waals surface area contributed by atoms with Crippen LogP contribution in [-0.2, 0) is 12.8 Å². The maximum Gasteiger partial charge on any atom is 0.0637 e. The van der Waals surface area contributed by atoms with Crippen molar-refractivity contribution in [2.24, 2.45) is 0 Å². The molecule has 0 aliphatic heterocycles. The van der Waals surface area contributed by atoms with Gasteiger partial charge in [0.05, 0.1) is 16.6 Å². The van der Waals surface area contributed by atoms with Crippen LogP contribution in [0.4, 0.5) is 0 Å². The van der Waals surface area contributed by atoms with Crippen LogP contribution < -0.4 is 0 Å². The third-order valence-electron chi connectivity index (χ3n) is 9.27. The van der Waals surface area contributed by atoms with Gasteiger partial charge in [0.25, 0.3) is 0 Å². The summed E-state index contributed by atoms with van der Waals surface area (Å²) in [5, 5.41) is 4.00. The first kappa shape index (κ1) is 29.7. The van der Waals surface area contributed by atoms with Gasteiger partial charge in [0.2, 0.25) is 0 Å². The van der Waals surface area contributed by atoms with Crippen molar-refractivity contribution in [1.29, 1.82) is 0 Å². The largest absolute Gasteiger partial charge is 0.313 e. The molecule has 2 aromatic heterocycles. The van der Waals surface area contributed by atoms with Crippen molar-refractivity contribution in [3.8, 4) is 22.5 Å². The fourth-order valence-corrected chi connectivity index (χ4v) is 7.29. The molecule has 0 bridgehead atoms. The van der Waals surface area contributed by atoms with Gasteiger partial charge < -0.3 is 9.13 Å². The summed E-state index contributed by atoms with van der Waals surface area (Å²) in [5.74, 6) is 0. The molecule has 5 aromatic carbocycles. The standard InChI is InChI=1S/C42H34N2.CH4S/c1-3-12-29(4-2)31-19-23-33(24-20-31)43-39-18-11-9-16-37(39)41-40(43)28-27-36-35-15-8-10-17-38(35)44(42(36)41)34-25-21-32(22-26-34)30-13-6-5-7-14-30;1-2/h3-8,10,12-15,17,19-28H,1-2,9,11,16,18H2;2H,1H3/b29-12+;. The summed E-state index contributed by atoms with van der Waals surface area (Å²) in [6, 6.07) is 42.2. The third-order valence-corrected chi connectivity index (χ3v) is 9.27. The number of thiol groups is 1. The van der Waals surface area contributed by atoms with Crippen LogP contribution in [0, 0.1) is 0 Å². The van der Waals surface area contributed by atoms with Crippen molar-refractivity contribution in [2.75, 3.05) is 6.26 Å². The maximum atomic E-state index is 4.00. The smallest absolute Gasteiger partial charge is 0.0637 e. The number of allylic oxidation sites excluding steroid dienone is 4. The fraction of sp³-hybridized carbons (Fsp3) is 0.116. The second-order valence-corrected chi connectivity index (χ2v) is 11.7. The van der Waals surface area contributed by atoms with Gasteiger partial charge in [0, 0.05) is 33.2 Å². The van der Waals surface area contributed by atoms with E-state index in [1.165, 1.54) is 79.3 Å². The molecule has 8 rings (SSSR count). The highest BCUT2D eigenvalue weighted by Crippen LogP contribution is 2.43. The molecule has 46 heavy (non-hydrogen) atoms. The molecule has 0 radical (unpaired) electrons. The van der Waals surface area contributed by atoms with Gasteiger partial charge in [-0.25, -0.2) is 0 Å². The number of hydrogen-bond acceptors (Lipinski definition) is 1. The average molecular weight is 615 g/mol. The minimum absolute atomic E-state index is 1.08. The topological polar surface area (TPSA) is 9.86 Å². The Labute approximate surface area is 277 Å². The number of fused-ring (bicyclic) bond motifs is 7. The normalized spacial score (nSPS) is 13.0. The quantitative estimate of drug-likeness (QED) is 0.141. The van der Waals surface area contributed by atoms with Crippen LogP contribution in [0.15, 0.2) is 147 Å². The molecular weight excluding hydrogens is 577 g/mol. The van der Waals surface area contributed by atoms with Crippen molar-refractivity contribution >= 4 is 50.9 Å². The predicted molar refractivity (Wildman–Crippen MR) is 203 cm³/mol. The molecule has 0 fully saturated rings. The number of hydrogen-bond donors (Lipinski definition) is 1. The zero-order chi connectivity index (χ0) is 31.6. The first-order chi connectivity index (χ1) is 22.8. The van der Waals surface area contributed by atoms with E-state index in [2.05, 4.69) is 150 Å². The van der Waals surface area contributed by atoms with Gasteiger partial charge in [-0.1, -0.05) is 110 Å². The molecule has 0 unspecified atom stereocenters. The highest BCUT2D eigenvalue weighted by molar-refractivity contribution is 7.79. The van der Waals surface area contributed by atoms with Crippen LogP contribution in [-0.4, -0.2) is 15.4 Å².